The minimum absolute atomic E-state index is 0.0521. The first-order chi connectivity index (χ1) is 5.68. The second-order valence-electron chi connectivity index (χ2n) is 3.19. The molecule has 0 aromatic rings. The molecule has 1 amide bonds. The number of hydrogen-bond donors (Lipinski definition) is 1. The maximum absolute atomic E-state index is 11.0. The molecule has 1 fully saturated rings. The van der Waals surface area contributed by atoms with E-state index in [9.17, 15) is 4.79 Å². The highest BCUT2D eigenvalue weighted by Crippen LogP contribution is 2.07. The molecule has 1 rings (SSSR count). The van der Waals surface area contributed by atoms with Crippen LogP contribution >= 0.6 is 0 Å². The zero-order valence-electron chi connectivity index (χ0n) is 7.50. The van der Waals surface area contributed by atoms with Crippen molar-refractivity contribution in [1.82, 2.24) is 5.32 Å². The van der Waals surface area contributed by atoms with Gasteiger partial charge in [0.05, 0.1) is 13.2 Å². The molecular weight excluding hydrogens is 158 g/mol. The van der Waals surface area contributed by atoms with Crippen molar-refractivity contribution >= 4 is 6.09 Å². The molecule has 0 saturated carbocycles. The first-order valence-corrected chi connectivity index (χ1v) is 4.23. The number of carbonyl (C=O) groups excluding carboxylic acids is 1. The number of ether oxygens (including phenoxy) is 2. The molecule has 0 radical (unpaired) electrons. The van der Waals surface area contributed by atoms with Crippen LogP contribution in [-0.4, -0.2) is 31.5 Å². The van der Waals surface area contributed by atoms with E-state index in [-0.39, 0.29) is 18.2 Å². The summed E-state index contributed by atoms with van der Waals surface area (Å²) in [7, 11) is 0. The Morgan fingerprint density at radius 2 is 2.42 bits per heavy atom. The molecule has 0 aromatic heterocycles. The third kappa shape index (κ3) is 3.09. The van der Waals surface area contributed by atoms with Crippen LogP contribution in [0.4, 0.5) is 4.79 Å². The van der Waals surface area contributed by atoms with Gasteiger partial charge in [0.2, 0.25) is 0 Å². The summed E-state index contributed by atoms with van der Waals surface area (Å²) in [5, 5.41) is 2.65. The summed E-state index contributed by atoms with van der Waals surface area (Å²) in [6.07, 6.45) is 0.412. The summed E-state index contributed by atoms with van der Waals surface area (Å²) in [4.78, 5) is 11.0. The van der Waals surface area contributed by atoms with Crippen molar-refractivity contribution in [2.24, 2.45) is 0 Å². The lowest BCUT2D eigenvalue weighted by Gasteiger charge is -2.12. The molecule has 1 heterocycles. The zero-order chi connectivity index (χ0) is 8.97. The summed E-state index contributed by atoms with van der Waals surface area (Å²) >= 11 is 0. The molecule has 0 aromatic carbocycles. The molecule has 12 heavy (non-hydrogen) atoms. The van der Waals surface area contributed by atoms with Crippen LogP contribution in [0, 0.1) is 0 Å². The largest absolute Gasteiger partial charge is 0.444 e. The normalized spacial score (nSPS) is 22.8. The van der Waals surface area contributed by atoms with Crippen molar-refractivity contribution in [2.45, 2.75) is 32.4 Å². The van der Waals surface area contributed by atoms with E-state index in [1.807, 2.05) is 13.8 Å². The van der Waals surface area contributed by atoms with Crippen molar-refractivity contribution in [3.05, 3.63) is 0 Å². The number of alkyl carbamates (subject to hydrolysis) is 1. The van der Waals surface area contributed by atoms with Crippen LogP contribution in [0.2, 0.25) is 0 Å². The van der Waals surface area contributed by atoms with Crippen molar-refractivity contribution < 1.29 is 14.3 Å². The van der Waals surface area contributed by atoms with Gasteiger partial charge in [-0.05, 0) is 13.8 Å². The average Bonchev–Trinajstić information content (AvgIpc) is 2.37. The number of rotatable bonds is 2. The molecule has 0 aliphatic carbocycles. The van der Waals surface area contributed by atoms with Gasteiger partial charge in [0.15, 0.2) is 0 Å². The maximum atomic E-state index is 11.0. The topological polar surface area (TPSA) is 47.6 Å². The van der Waals surface area contributed by atoms with Crippen LogP contribution in [0.25, 0.3) is 0 Å². The van der Waals surface area contributed by atoms with E-state index in [0.717, 1.165) is 6.42 Å². The van der Waals surface area contributed by atoms with Crippen molar-refractivity contribution in [2.75, 3.05) is 13.2 Å². The Morgan fingerprint density at radius 3 is 2.92 bits per heavy atom. The fraction of sp³-hybridized carbons (Fsp3) is 0.875. The van der Waals surface area contributed by atoms with Gasteiger partial charge in [-0.15, -0.1) is 0 Å². The lowest BCUT2D eigenvalue weighted by molar-refractivity contribution is 0.0817. The van der Waals surface area contributed by atoms with Gasteiger partial charge in [0, 0.05) is 12.5 Å². The number of nitrogens with one attached hydrogen (secondary N) is 1. The quantitative estimate of drug-likeness (QED) is 0.675. The Bertz CT molecular complexity index is 152. The van der Waals surface area contributed by atoms with Crippen molar-refractivity contribution in [1.29, 1.82) is 0 Å². The van der Waals surface area contributed by atoms with E-state index in [1.54, 1.807) is 0 Å². The van der Waals surface area contributed by atoms with Gasteiger partial charge in [-0.1, -0.05) is 0 Å². The standard InChI is InChI=1S/C8H15NO3/c1-6(2)9-8(10)12-7-3-4-11-5-7/h6-7H,3-5H2,1-2H3,(H,9,10)/t7-/m1/s1. The van der Waals surface area contributed by atoms with Gasteiger partial charge in [0.25, 0.3) is 0 Å². The molecule has 1 atom stereocenters. The number of amides is 1. The van der Waals surface area contributed by atoms with Gasteiger partial charge < -0.3 is 14.8 Å². The van der Waals surface area contributed by atoms with Gasteiger partial charge in [0.1, 0.15) is 6.10 Å². The van der Waals surface area contributed by atoms with Crippen LogP contribution in [0.15, 0.2) is 0 Å². The molecule has 4 nitrogen and oxygen atoms in total. The van der Waals surface area contributed by atoms with Crippen LogP contribution in [0.5, 0.6) is 0 Å². The summed E-state index contributed by atoms with van der Waals surface area (Å²) in [5.74, 6) is 0. The Hall–Kier alpha value is -0.770. The molecule has 0 unspecified atom stereocenters. The van der Waals surface area contributed by atoms with Crippen LogP contribution < -0.4 is 5.32 Å². The Balaban J connectivity index is 2.16. The molecular formula is C8H15NO3. The molecule has 1 aliphatic rings. The highest BCUT2D eigenvalue weighted by molar-refractivity contribution is 5.67. The second-order valence-corrected chi connectivity index (χ2v) is 3.19. The Kier molecular flexibility index (Phi) is 3.34. The van der Waals surface area contributed by atoms with Crippen LogP contribution in [-0.2, 0) is 9.47 Å². The van der Waals surface area contributed by atoms with Gasteiger partial charge in [-0.3, -0.25) is 0 Å². The van der Waals surface area contributed by atoms with Gasteiger partial charge >= 0.3 is 6.09 Å². The summed E-state index contributed by atoms with van der Waals surface area (Å²) in [6, 6.07) is 0.125. The molecule has 1 saturated heterocycles. The van der Waals surface area contributed by atoms with Crippen LogP contribution in [0.3, 0.4) is 0 Å². The molecule has 70 valence electrons. The van der Waals surface area contributed by atoms with E-state index in [0.29, 0.717) is 13.2 Å². The van der Waals surface area contributed by atoms with E-state index in [1.165, 1.54) is 0 Å². The molecule has 1 N–H and O–H groups in total. The van der Waals surface area contributed by atoms with Crippen molar-refractivity contribution in [3.8, 4) is 0 Å². The highest BCUT2D eigenvalue weighted by Gasteiger charge is 2.19. The smallest absolute Gasteiger partial charge is 0.407 e. The SMILES string of the molecule is CC(C)NC(=O)O[C@@H]1CCOC1. The summed E-state index contributed by atoms with van der Waals surface area (Å²) in [6.45, 7) is 5.02. The average molecular weight is 173 g/mol. The predicted octanol–water partition coefficient (Wildman–Crippen LogP) is 0.910. The first-order valence-electron chi connectivity index (χ1n) is 4.23. The number of hydrogen-bond acceptors (Lipinski definition) is 3. The fourth-order valence-corrected chi connectivity index (χ4v) is 1.03. The first kappa shape index (κ1) is 9.32. The summed E-state index contributed by atoms with van der Waals surface area (Å²) in [5.41, 5.74) is 0. The van der Waals surface area contributed by atoms with Gasteiger partial charge in [-0.2, -0.15) is 0 Å². The second kappa shape index (κ2) is 4.30. The Labute approximate surface area is 72.2 Å². The molecule has 0 spiro atoms. The summed E-state index contributed by atoms with van der Waals surface area (Å²) < 4.78 is 10.1. The highest BCUT2D eigenvalue weighted by atomic mass is 16.6. The van der Waals surface area contributed by atoms with E-state index < -0.39 is 0 Å². The van der Waals surface area contributed by atoms with Gasteiger partial charge in [-0.25, -0.2) is 4.79 Å². The minimum Gasteiger partial charge on any atom is -0.444 e. The zero-order valence-corrected chi connectivity index (χ0v) is 7.50. The molecule has 0 bridgehead atoms. The third-order valence-electron chi connectivity index (χ3n) is 1.57. The van der Waals surface area contributed by atoms with E-state index >= 15 is 0 Å². The van der Waals surface area contributed by atoms with E-state index in [4.69, 9.17) is 9.47 Å². The minimum atomic E-state index is -0.347. The number of carbonyl (C=O) groups is 1. The third-order valence-corrected chi connectivity index (χ3v) is 1.57. The van der Waals surface area contributed by atoms with Crippen LogP contribution in [0.1, 0.15) is 20.3 Å². The lowest BCUT2D eigenvalue weighted by Crippen LogP contribution is -2.33. The fourth-order valence-electron chi connectivity index (χ4n) is 1.03. The molecule has 4 heteroatoms. The lowest BCUT2D eigenvalue weighted by atomic mass is 10.3. The maximum Gasteiger partial charge on any atom is 0.407 e. The predicted molar refractivity (Wildman–Crippen MR) is 44.0 cm³/mol. The monoisotopic (exact) mass is 173 g/mol. The van der Waals surface area contributed by atoms with Crippen molar-refractivity contribution in [3.63, 3.8) is 0 Å². The Morgan fingerprint density at radius 1 is 1.67 bits per heavy atom. The van der Waals surface area contributed by atoms with E-state index in [2.05, 4.69) is 5.32 Å². The molecule has 1 aliphatic heterocycles.